The van der Waals surface area contributed by atoms with Crippen LogP contribution < -0.4 is 4.90 Å². The quantitative estimate of drug-likeness (QED) is 0.666. The fourth-order valence-electron chi connectivity index (χ4n) is 3.79. The number of benzene rings is 1. The molecule has 1 saturated heterocycles. The van der Waals surface area contributed by atoms with Gasteiger partial charge in [-0.15, -0.1) is 0 Å². The number of aromatic nitrogens is 1. The topological polar surface area (TPSA) is 45.7 Å². The van der Waals surface area contributed by atoms with Crippen LogP contribution in [0, 0.1) is 0 Å². The summed E-state index contributed by atoms with van der Waals surface area (Å²) in [6, 6.07) is 14.0. The number of para-hydroxylation sites is 1. The summed E-state index contributed by atoms with van der Waals surface area (Å²) in [6.07, 6.45) is 4.70. The second kappa shape index (κ2) is 8.74. The van der Waals surface area contributed by atoms with Crippen LogP contribution in [-0.2, 0) is 4.74 Å². The van der Waals surface area contributed by atoms with Gasteiger partial charge in [-0.25, -0.2) is 14.7 Å². The smallest absolute Gasteiger partial charge is 0.420 e. The molecule has 150 valence electrons. The number of likely N-dealkylation sites (tertiary alicyclic amines) is 1. The molecule has 0 bridgehead atoms. The third-order valence-electron chi connectivity index (χ3n) is 4.85. The van der Waals surface area contributed by atoms with Gasteiger partial charge in [-0.1, -0.05) is 31.2 Å². The predicted molar refractivity (Wildman–Crippen MR) is 113 cm³/mol. The lowest BCUT2D eigenvalue weighted by Crippen LogP contribution is -2.35. The lowest BCUT2D eigenvalue weighted by molar-refractivity contribution is 0.0597. The zero-order valence-corrected chi connectivity index (χ0v) is 17.4. The molecule has 0 spiro atoms. The minimum absolute atomic E-state index is 0.275. The highest BCUT2D eigenvalue weighted by Crippen LogP contribution is 2.38. The van der Waals surface area contributed by atoms with Crippen molar-refractivity contribution in [1.82, 2.24) is 9.88 Å². The van der Waals surface area contributed by atoms with Gasteiger partial charge in [0.1, 0.15) is 11.4 Å². The Hall–Kier alpha value is -2.40. The molecular weight excluding hydrogens is 350 g/mol. The first-order chi connectivity index (χ1) is 13.4. The molecule has 1 aliphatic rings. The zero-order chi connectivity index (χ0) is 20.1. The normalized spacial score (nSPS) is 17.5. The van der Waals surface area contributed by atoms with Crippen LogP contribution in [0.4, 0.5) is 16.3 Å². The van der Waals surface area contributed by atoms with E-state index in [1.54, 1.807) is 11.1 Å². The number of carbonyl (C=O) groups is 1. The molecular formula is C23H31N3O2. The van der Waals surface area contributed by atoms with Gasteiger partial charge in [0.25, 0.3) is 0 Å². The van der Waals surface area contributed by atoms with Crippen LogP contribution in [0.1, 0.15) is 58.6 Å². The molecule has 0 saturated carbocycles. The Morgan fingerprint density at radius 2 is 1.96 bits per heavy atom. The lowest BCUT2D eigenvalue weighted by Gasteiger charge is -2.31. The molecule has 0 aliphatic carbocycles. The molecule has 0 unspecified atom stereocenters. The highest BCUT2D eigenvalue weighted by molar-refractivity contribution is 5.96. The van der Waals surface area contributed by atoms with E-state index in [1.165, 1.54) is 0 Å². The fourth-order valence-corrected chi connectivity index (χ4v) is 3.79. The zero-order valence-electron chi connectivity index (χ0n) is 17.4. The Kier molecular flexibility index (Phi) is 6.35. The van der Waals surface area contributed by atoms with E-state index in [2.05, 4.69) is 22.9 Å². The van der Waals surface area contributed by atoms with Gasteiger partial charge in [-0.2, -0.15) is 0 Å². The van der Waals surface area contributed by atoms with Gasteiger partial charge in [0.05, 0.1) is 5.69 Å². The molecule has 1 aromatic carbocycles. The van der Waals surface area contributed by atoms with Crippen LogP contribution in [-0.4, -0.2) is 34.7 Å². The van der Waals surface area contributed by atoms with Gasteiger partial charge >= 0.3 is 6.09 Å². The Bertz CT molecular complexity index is 786. The molecule has 28 heavy (non-hydrogen) atoms. The number of amides is 1. The highest BCUT2D eigenvalue weighted by Gasteiger charge is 2.33. The van der Waals surface area contributed by atoms with E-state index in [9.17, 15) is 4.79 Å². The van der Waals surface area contributed by atoms with Gasteiger partial charge in [0.15, 0.2) is 0 Å². The van der Waals surface area contributed by atoms with E-state index >= 15 is 0 Å². The summed E-state index contributed by atoms with van der Waals surface area (Å²) in [5, 5.41) is 0. The summed E-state index contributed by atoms with van der Waals surface area (Å²) in [5.41, 5.74) is 1.26. The molecule has 0 N–H and O–H groups in total. The molecule has 5 nitrogen and oxygen atoms in total. The van der Waals surface area contributed by atoms with E-state index in [0.717, 1.165) is 43.6 Å². The molecule has 0 radical (unpaired) electrons. The van der Waals surface area contributed by atoms with E-state index < -0.39 is 11.7 Å². The van der Waals surface area contributed by atoms with Crippen LogP contribution in [0.5, 0.6) is 0 Å². The van der Waals surface area contributed by atoms with E-state index in [0.29, 0.717) is 5.82 Å². The molecule has 5 heteroatoms. The first kappa shape index (κ1) is 20.3. The number of hydrogen-bond acceptors (Lipinski definition) is 4. The standard InChI is InChI=1S/C23H31N3O2/c1-5-16-25-17-10-14-20(25)19-13-9-15-24-21(19)26(18-11-7-6-8-12-18)22(27)28-23(2,3)4/h6-9,11-13,15,20H,5,10,14,16-17H2,1-4H3/t20-/m1/s1. The van der Waals surface area contributed by atoms with Crippen molar-refractivity contribution in [2.45, 2.75) is 58.6 Å². The third-order valence-corrected chi connectivity index (χ3v) is 4.85. The van der Waals surface area contributed by atoms with Crippen molar-refractivity contribution in [2.75, 3.05) is 18.0 Å². The molecule has 1 atom stereocenters. The summed E-state index contributed by atoms with van der Waals surface area (Å²) < 4.78 is 5.73. The van der Waals surface area contributed by atoms with E-state index in [4.69, 9.17) is 4.74 Å². The number of rotatable bonds is 5. The van der Waals surface area contributed by atoms with E-state index in [-0.39, 0.29) is 6.04 Å². The molecule has 1 aromatic heterocycles. The number of nitrogens with zero attached hydrogens (tertiary/aromatic N) is 3. The SMILES string of the molecule is CCCN1CCC[C@@H]1c1cccnc1N(C(=O)OC(C)(C)C)c1ccccc1. The van der Waals surface area contributed by atoms with Gasteiger partial charge in [-0.3, -0.25) is 4.90 Å². The average Bonchev–Trinajstić information content (AvgIpc) is 3.10. The van der Waals surface area contributed by atoms with Crippen LogP contribution in [0.15, 0.2) is 48.7 Å². The summed E-state index contributed by atoms with van der Waals surface area (Å²) in [5.74, 6) is 0.663. The van der Waals surface area contributed by atoms with Crippen molar-refractivity contribution in [3.05, 3.63) is 54.2 Å². The number of carbonyl (C=O) groups excluding carboxylic acids is 1. The molecule has 3 rings (SSSR count). The summed E-state index contributed by atoms with van der Waals surface area (Å²) in [7, 11) is 0. The number of ether oxygens (including phenoxy) is 1. The first-order valence-electron chi connectivity index (χ1n) is 10.2. The minimum Gasteiger partial charge on any atom is -0.443 e. The van der Waals surface area contributed by atoms with Gasteiger partial charge < -0.3 is 4.74 Å². The fraction of sp³-hybridized carbons (Fsp3) is 0.478. The van der Waals surface area contributed by atoms with Gasteiger partial charge in [0.2, 0.25) is 0 Å². The molecule has 1 aliphatic heterocycles. The maximum Gasteiger partial charge on any atom is 0.420 e. The average molecular weight is 382 g/mol. The molecule has 2 heterocycles. The second-order valence-electron chi connectivity index (χ2n) is 8.26. The number of hydrogen-bond donors (Lipinski definition) is 0. The van der Waals surface area contributed by atoms with Crippen LogP contribution >= 0.6 is 0 Å². The maximum absolute atomic E-state index is 13.2. The van der Waals surface area contributed by atoms with Crippen molar-refractivity contribution in [2.24, 2.45) is 0 Å². The van der Waals surface area contributed by atoms with Crippen molar-refractivity contribution < 1.29 is 9.53 Å². The third kappa shape index (κ3) is 4.71. The molecule has 2 aromatic rings. The lowest BCUT2D eigenvalue weighted by atomic mass is 10.0. The summed E-state index contributed by atoms with van der Waals surface area (Å²) in [4.78, 5) is 21.9. The van der Waals surface area contributed by atoms with Crippen molar-refractivity contribution in [1.29, 1.82) is 0 Å². The Labute approximate surface area is 168 Å². The summed E-state index contributed by atoms with van der Waals surface area (Å²) >= 11 is 0. The monoisotopic (exact) mass is 381 g/mol. The highest BCUT2D eigenvalue weighted by atomic mass is 16.6. The van der Waals surface area contributed by atoms with E-state index in [1.807, 2.05) is 57.2 Å². The van der Waals surface area contributed by atoms with Crippen LogP contribution in [0.2, 0.25) is 0 Å². The number of pyridine rings is 1. The predicted octanol–water partition coefficient (Wildman–Crippen LogP) is 5.70. The van der Waals surface area contributed by atoms with Gasteiger partial charge in [0, 0.05) is 17.8 Å². The van der Waals surface area contributed by atoms with Crippen molar-refractivity contribution in [3.63, 3.8) is 0 Å². The first-order valence-corrected chi connectivity index (χ1v) is 10.2. The van der Waals surface area contributed by atoms with Crippen LogP contribution in [0.3, 0.4) is 0 Å². The Morgan fingerprint density at radius 3 is 2.64 bits per heavy atom. The summed E-state index contributed by atoms with van der Waals surface area (Å²) in [6.45, 7) is 9.99. The Morgan fingerprint density at radius 1 is 1.21 bits per heavy atom. The maximum atomic E-state index is 13.2. The Balaban J connectivity index is 2.05. The van der Waals surface area contributed by atoms with Gasteiger partial charge in [-0.05, 0) is 71.3 Å². The molecule has 1 amide bonds. The van der Waals surface area contributed by atoms with Crippen LogP contribution in [0.25, 0.3) is 0 Å². The molecule has 1 fully saturated rings. The van der Waals surface area contributed by atoms with Crippen molar-refractivity contribution >= 4 is 17.6 Å². The van der Waals surface area contributed by atoms with Crippen molar-refractivity contribution in [3.8, 4) is 0 Å². The minimum atomic E-state index is -0.583. The number of anilines is 2. The largest absolute Gasteiger partial charge is 0.443 e. The second-order valence-corrected chi connectivity index (χ2v) is 8.26.